The summed E-state index contributed by atoms with van der Waals surface area (Å²) in [6, 6.07) is -1.14. The minimum absolute atomic E-state index is 0. The van der Waals surface area contributed by atoms with Gasteiger partial charge in [0, 0.05) is 232 Å². The Labute approximate surface area is 699 Å². The number of esters is 1. The molecule has 2 bridgehead atoms. The number of nitrogens with one attached hydrogen (secondary N) is 1. The molecule has 3 heterocycles. The molecule has 0 unspecified atom stereocenters. The molecular formula is C86H136N2O24. The van der Waals surface area contributed by atoms with E-state index in [1.54, 1.807) is 27.9 Å². The smallest absolute Gasteiger partial charge is 0.329 e. The average Bonchev–Trinajstić information content (AvgIpc) is 0.834. The highest BCUT2D eigenvalue weighted by Gasteiger charge is 2.56. The number of amides is 1. The van der Waals surface area contributed by atoms with Crippen LogP contribution in [0.4, 0.5) is 0 Å². The standard InChI is InChI=1S/C43H67NO12.C43H4.H3NO12.31H2/c1-10-30-18-24(2)17-25(3)19-36(53-8)39-37(54-9)21-27(5)43(51,56-39)40(48)41(49)44-16-12-11-13-31(44)42(50)55-38(28(6)33(46)23-34(30)47)26(4)20-29-14-15-32(45)35(22-29)52-7;1-3-5-7-9-11-13-15-17-19-21-23-25-27-29-31-33-35-37-39-41-43-42-40-38-36-34-32-30-28-26-24-22-20-18-16-14-12-10-8-6-4-2;2-6-10-12-8-4-1-5-9-13-11-7-3;;;;;;;;;;;;;;;;;;;;;;;;;;;;;;;/h17-18,20,25,27-29,31-33,35-39,45-46,51H,10-16,19,21-23H2,1-9H3;1H,2H3;1-3H;31*1H/b24-17-,26-20+,30-18+;;;;;;;;;;;;;;;;;;;;;;;;;;;;;;;;;/t25-,27+,28+,29-,31-,32+,33-,35+,36-,37-,38+,39+,43+;;;;;;;;;;;;;;;;;;;;;;;;;;;;;;;;;/m0................................./s1. The van der Waals surface area contributed by atoms with Crippen molar-refractivity contribution >= 4 is 23.4 Å². The van der Waals surface area contributed by atoms with E-state index in [1.165, 1.54) is 24.8 Å². The quantitative estimate of drug-likeness (QED) is 0.0159. The number of cyclic esters (lactones) is 1. The predicted molar refractivity (Wildman–Crippen MR) is 463 cm³/mol. The Hall–Kier alpha value is -12.5. The van der Waals surface area contributed by atoms with E-state index in [0.717, 1.165) is 5.57 Å². The van der Waals surface area contributed by atoms with E-state index in [-0.39, 0.29) is 93.8 Å². The molecule has 1 saturated carbocycles. The van der Waals surface area contributed by atoms with Crippen LogP contribution in [0.2, 0.25) is 0 Å². The molecule has 1 aliphatic carbocycles. The summed E-state index contributed by atoms with van der Waals surface area (Å²) in [5.74, 6) is 94.5. The van der Waals surface area contributed by atoms with Crippen LogP contribution in [-0.2, 0) is 93.1 Å². The highest BCUT2D eigenvalue weighted by molar-refractivity contribution is 6.39. The first-order valence-electron chi connectivity index (χ1n) is 33.4. The Balaban J connectivity index is -0.0000000480. The van der Waals surface area contributed by atoms with E-state index in [2.05, 4.69) is 293 Å². The van der Waals surface area contributed by atoms with Gasteiger partial charge < -0.3 is 43.9 Å². The van der Waals surface area contributed by atoms with Gasteiger partial charge in [-0.1, -0.05) is 67.4 Å². The van der Waals surface area contributed by atoms with Gasteiger partial charge in [-0.25, -0.2) is 15.3 Å². The average molecular weight is 1580 g/mol. The number of aliphatic hydroxyl groups is 3. The summed E-state index contributed by atoms with van der Waals surface area (Å²) in [7, 11) is 4.59. The molecule has 3 aliphatic heterocycles. The predicted octanol–water partition coefficient (Wildman–Crippen LogP) is 11.6. The van der Waals surface area contributed by atoms with Crippen molar-refractivity contribution in [2.24, 2.45) is 23.7 Å². The van der Waals surface area contributed by atoms with Gasteiger partial charge in [0.05, 0.1) is 30.5 Å². The number of carbonyl (C=O) groups is 4. The van der Waals surface area contributed by atoms with Gasteiger partial charge in [0.2, 0.25) is 5.79 Å². The van der Waals surface area contributed by atoms with Crippen LogP contribution in [0.15, 0.2) is 34.9 Å². The third-order valence-electron chi connectivity index (χ3n) is 15.4. The van der Waals surface area contributed by atoms with Crippen molar-refractivity contribution in [3.8, 4) is 249 Å². The summed E-state index contributed by atoms with van der Waals surface area (Å²) in [4.78, 5) is 64.8. The molecule has 0 radical (unpaired) electrons. The van der Waals surface area contributed by atoms with Crippen LogP contribution in [0.5, 0.6) is 0 Å². The van der Waals surface area contributed by atoms with Gasteiger partial charge in [-0.2, -0.15) is 0 Å². The first-order valence-corrected chi connectivity index (χ1v) is 33.4. The van der Waals surface area contributed by atoms with E-state index < -0.39 is 77.9 Å². The van der Waals surface area contributed by atoms with E-state index in [1.807, 2.05) is 45.9 Å². The maximum atomic E-state index is 14.3. The summed E-state index contributed by atoms with van der Waals surface area (Å²) in [5.41, 5.74) is 3.40. The van der Waals surface area contributed by atoms with Crippen molar-refractivity contribution in [1.82, 2.24) is 10.5 Å². The topological polar surface area (TPSA) is 323 Å². The molecule has 0 aromatic rings. The largest absolute Gasteiger partial charge is 0.456 e. The highest BCUT2D eigenvalue weighted by atomic mass is 17.9. The minimum Gasteiger partial charge on any atom is -0.456 e. The SMILES string of the molecule is C#CC#CC#CC#CC#CC#CC#CC#CC#CC#CC#CC#CC#CC#CC#CC#CC#CC#CC#CC#CC#CC.CC/C1=C\C(C)=C/[C@H](C)C[C@H](OC)[C@H]2O[C@@](O)(C(=O)C(=O)N3CCCC[C@H]3C(=O)O[C@H](/C(C)=C/[C@@H]3CC[C@@H](O)[C@H](OC)C3)[C@H](C)[C@@H](O)CC1=O)[C@H](C)C[C@@H]2OC.OOOOOONOOOOOO.[HH].[HH].[HH].[HH].[HH].[HH].[HH].[HH].[HH].[HH].[HH].[HH].[HH].[HH].[HH].[HH].[HH].[HH].[HH].[HH].[HH].[HH].[HH].[HH].[HH].[HH].[HH].[HH].[HH].[HH].[HH]. The molecule has 0 aromatic carbocycles. The van der Waals surface area contributed by atoms with Crippen molar-refractivity contribution in [2.75, 3.05) is 27.9 Å². The van der Waals surface area contributed by atoms with Crippen LogP contribution in [0, 0.1) is 273 Å². The number of allylic oxidation sites excluding steroid dienone is 5. The minimum atomic E-state index is -2.51. The van der Waals surface area contributed by atoms with Crippen molar-refractivity contribution < 1.29 is 163 Å². The first-order chi connectivity index (χ1) is 54.3. The summed E-state index contributed by atoms with van der Waals surface area (Å²) < 4.78 is 29.7. The molecule has 0 aromatic heterocycles. The second kappa shape index (κ2) is 60.4. The number of fused-ring (bicyclic) bond motifs is 3. The number of ketones is 2. The number of Topliss-reactive ketones (excluding diaryl/α,β-unsaturated/α-hetero) is 2. The van der Waals surface area contributed by atoms with Crippen LogP contribution in [0.1, 0.15) is 157 Å². The zero-order chi connectivity index (χ0) is 82.3. The number of piperidine rings is 1. The fourth-order valence-corrected chi connectivity index (χ4v) is 10.4. The number of terminal acetylenes is 1. The second-order valence-electron chi connectivity index (χ2n) is 22.8. The lowest BCUT2D eigenvalue weighted by Crippen LogP contribution is -2.64. The molecule has 634 valence electrons. The molecular weight excluding hydrogens is 1440 g/mol. The lowest BCUT2D eigenvalue weighted by Gasteiger charge is -2.47. The van der Waals surface area contributed by atoms with E-state index in [0.29, 0.717) is 56.1 Å². The monoisotopic (exact) mass is 1580 g/mol. The van der Waals surface area contributed by atoms with Gasteiger partial charge in [-0.3, -0.25) is 14.4 Å². The number of methoxy groups -OCH3 is 3. The third-order valence-corrected chi connectivity index (χ3v) is 15.4. The normalized spacial score (nSPS) is 23.3. The van der Waals surface area contributed by atoms with Crippen LogP contribution in [0.3, 0.4) is 0 Å². The first kappa shape index (κ1) is 95.5. The number of rotatable bonds is 16. The summed E-state index contributed by atoms with van der Waals surface area (Å²) in [6.07, 6.45) is 9.47. The molecule has 1 amide bonds. The number of nitrogens with zero attached hydrogens (tertiary/aromatic N) is 1. The van der Waals surface area contributed by atoms with Gasteiger partial charge >= 0.3 is 5.97 Å². The molecule has 112 heavy (non-hydrogen) atoms. The van der Waals surface area contributed by atoms with Gasteiger partial charge in [0.15, 0.2) is 5.78 Å². The van der Waals surface area contributed by atoms with Crippen LogP contribution >= 0.6 is 0 Å². The fraction of sp³-hybridized carbons (Fsp3) is 0.395. The molecule has 2 saturated heterocycles. The molecule has 0 spiro atoms. The summed E-state index contributed by atoms with van der Waals surface area (Å²) >= 11 is 0. The number of hydrogen-bond acceptors (Lipinski definition) is 25. The number of hydrogen-bond donors (Lipinski definition) is 6. The molecule has 4 rings (SSSR count). The van der Waals surface area contributed by atoms with Crippen molar-refractivity contribution in [3.05, 3.63) is 34.9 Å². The van der Waals surface area contributed by atoms with Gasteiger partial charge in [-0.05, 0) is 242 Å². The van der Waals surface area contributed by atoms with Crippen LogP contribution in [0.25, 0.3) is 0 Å². The van der Waals surface area contributed by atoms with Gasteiger partial charge in [0.1, 0.15) is 18.2 Å². The second-order valence-corrected chi connectivity index (χ2v) is 22.8. The molecule has 3 fully saturated rings. The molecule has 26 nitrogen and oxygen atoms in total. The van der Waals surface area contributed by atoms with Gasteiger partial charge in [0.25, 0.3) is 11.7 Å². The molecule has 4 aliphatic rings. The summed E-state index contributed by atoms with van der Waals surface area (Å²) in [6.45, 7) is 12.7. The van der Waals surface area contributed by atoms with E-state index in [4.69, 9.17) is 40.6 Å². The zero-order valence-corrected chi connectivity index (χ0v) is 62.5. The number of carbonyl (C=O) groups excluding carboxylic acids is 4. The maximum Gasteiger partial charge on any atom is 0.329 e. The van der Waals surface area contributed by atoms with Crippen molar-refractivity contribution in [2.45, 2.75) is 167 Å². The Morgan fingerprint density at radius 3 is 1.43 bits per heavy atom. The lowest BCUT2D eigenvalue weighted by atomic mass is 9.82. The maximum absolute atomic E-state index is 14.3. The molecule has 13 atom stereocenters. The number of aliphatic hydroxyl groups excluding tert-OH is 2. The van der Waals surface area contributed by atoms with Crippen molar-refractivity contribution in [1.29, 1.82) is 0 Å². The Bertz CT molecular complexity index is 4920. The molecule has 6 N–H and O–H groups in total. The van der Waals surface area contributed by atoms with Crippen LogP contribution < -0.4 is 5.64 Å². The van der Waals surface area contributed by atoms with E-state index >= 15 is 0 Å². The lowest BCUT2D eigenvalue weighted by molar-refractivity contribution is -0.792. The van der Waals surface area contributed by atoms with Crippen molar-refractivity contribution in [3.63, 3.8) is 0 Å². The Kier molecular flexibility index (Phi) is 51.5. The van der Waals surface area contributed by atoms with E-state index in [9.17, 15) is 34.5 Å². The molecule has 26 heteroatoms. The third kappa shape index (κ3) is 40.1. The van der Waals surface area contributed by atoms with Crippen LogP contribution in [-0.4, -0.2) is 137 Å². The van der Waals surface area contributed by atoms with Gasteiger partial charge in [-0.15, -0.1) is 6.42 Å². The Morgan fingerprint density at radius 1 is 0.589 bits per heavy atom. The fourth-order valence-electron chi connectivity index (χ4n) is 10.4. The highest BCUT2D eigenvalue weighted by Crippen LogP contribution is 2.39. The Morgan fingerprint density at radius 2 is 1.02 bits per heavy atom. The zero-order valence-electron chi connectivity index (χ0n) is 62.5. The summed E-state index contributed by atoms with van der Waals surface area (Å²) in [5, 5.41) is 74.9. The number of ether oxygens (including phenoxy) is 5.